The quantitative estimate of drug-likeness (QED) is 0.392. The van der Waals surface area contributed by atoms with E-state index in [1.807, 2.05) is 66.7 Å². The molecule has 0 aliphatic heterocycles. The number of nitrogens with one attached hydrogen (secondary N) is 1. The van der Waals surface area contributed by atoms with E-state index in [2.05, 4.69) is 20.5 Å². The molecule has 30 heavy (non-hydrogen) atoms. The molecule has 1 aromatic heterocycles. The lowest BCUT2D eigenvalue weighted by Gasteiger charge is -2.08. The molecule has 0 radical (unpaired) electrons. The van der Waals surface area contributed by atoms with Crippen molar-refractivity contribution in [2.24, 2.45) is 5.10 Å². The Kier molecular flexibility index (Phi) is 5.66. The fourth-order valence-corrected chi connectivity index (χ4v) is 2.83. The van der Waals surface area contributed by atoms with Crippen LogP contribution < -0.4 is 5.43 Å². The molecule has 3 aromatic carbocycles. The van der Waals surface area contributed by atoms with Crippen LogP contribution in [0.4, 0.5) is 4.39 Å². The molecule has 5 nitrogen and oxygen atoms in total. The Morgan fingerprint density at radius 1 is 0.800 bits per heavy atom. The summed E-state index contributed by atoms with van der Waals surface area (Å²) in [4.78, 5) is 21.5. The highest BCUT2D eigenvalue weighted by atomic mass is 19.1. The van der Waals surface area contributed by atoms with E-state index in [0.29, 0.717) is 17.0 Å². The summed E-state index contributed by atoms with van der Waals surface area (Å²) >= 11 is 0. The van der Waals surface area contributed by atoms with Gasteiger partial charge in [0.1, 0.15) is 5.82 Å². The average molecular weight is 396 g/mol. The van der Waals surface area contributed by atoms with Gasteiger partial charge < -0.3 is 0 Å². The van der Waals surface area contributed by atoms with Crippen molar-refractivity contribution in [1.82, 2.24) is 15.4 Å². The third-order valence-electron chi connectivity index (χ3n) is 4.32. The van der Waals surface area contributed by atoms with Crippen molar-refractivity contribution in [2.45, 2.75) is 0 Å². The third-order valence-corrected chi connectivity index (χ3v) is 4.32. The van der Waals surface area contributed by atoms with E-state index in [9.17, 15) is 9.18 Å². The smallest absolute Gasteiger partial charge is 0.264 e. The van der Waals surface area contributed by atoms with Crippen molar-refractivity contribution < 1.29 is 9.18 Å². The van der Waals surface area contributed by atoms with Crippen molar-refractivity contribution in [1.29, 1.82) is 0 Å². The highest BCUT2D eigenvalue weighted by Gasteiger charge is 2.14. The third kappa shape index (κ3) is 4.62. The number of hydrazone groups is 1. The largest absolute Gasteiger partial charge is 0.309 e. The molecule has 1 N–H and O–H groups in total. The van der Waals surface area contributed by atoms with Crippen molar-refractivity contribution in [3.8, 4) is 22.5 Å². The maximum Gasteiger partial charge on any atom is 0.309 e. The van der Waals surface area contributed by atoms with Gasteiger partial charge in [-0.2, -0.15) is 5.10 Å². The summed E-state index contributed by atoms with van der Waals surface area (Å²) in [7, 11) is 0. The Balaban J connectivity index is 1.64. The van der Waals surface area contributed by atoms with E-state index in [1.165, 1.54) is 18.3 Å². The Morgan fingerprint density at radius 2 is 1.33 bits per heavy atom. The summed E-state index contributed by atoms with van der Waals surface area (Å²) in [5.41, 5.74) is 6.11. The lowest BCUT2D eigenvalue weighted by atomic mass is 10.1. The highest BCUT2D eigenvalue weighted by Crippen LogP contribution is 2.23. The monoisotopic (exact) mass is 396 g/mol. The van der Waals surface area contributed by atoms with E-state index in [-0.39, 0.29) is 11.6 Å². The topological polar surface area (TPSA) is 67.2 Å². The van der Waals surface area contributed by atoms with Gasteiger partial charge in [0.05, 0.1) is 17.6 Å². The maximum absolute atomic E-state index is 13.0. The zero-order chi connectivity index (χ0) is 20.8. The molecule has 4 aromatic rings. The summed E-state index contributed by atoms with van der Waals surface area (Å²) in [6.45, 7) is 0. The maximum atomic E-state index is 13.0. The number of hydrogen-bond donors (Lipinski definition) is 1. The first-order chi connectivity index (χ1) is 14.7. The molecule has 0 spiro atoms. The normalized spacial score (nSPS) is 10.8. The molecule has 0 atom stereocenters. The van der Waals surface area contributed by atoms with Gasteiger partial charge in [-0.1, -0.05) is 72.8 Å². The van der Waals surface area contributed by atoms with Crippen LogP contribution in [0, 0.1) is 5.82 Å². The van der Waals surface area contributed by atoms with Crippen LogP contribution in [-0.2, 0) is 0 Å². The summed E-state index contributed by atoms with van der Waals surface area (Å²) in [5, 5.41) is 3.93. The number of nitrogens with zero attached hydrogens (tertiary/aromatic N) is 3. The molecular formula is C24H17FN4O. The fourth-order valence-electron chi connectivity index (χ4n) is 2.83. The summed E-state index contributed by atoms with van der Waals surface area (Å²) in [6.07, 6.45) is 1.43. The second-order valence-corrected chi connectivity index (χ2v) is 6.44. The van der Waals surface area contributed by atoms with Crippen molar-refractivity contribution in [2.75, 3.05) is 0 Å². The second kappa shape index (κ2) is 8.87. The first-order valence-electron chi connectivity index (χ1n) is 9.28. The molecule has 0 aliphatic rings. The average Bonchev–Trinajstić information content (AvgIpc) is 2.81. The van der Waals surface area contributed by atoms with Gasteiger partial charge in [-0.3, -0.25) is 4.79 Å². The zero-order valence-corrected chi connectivity index (χ0v) is 15.9. The Bertz CT molecular complexity index is 1120. The number of carbonyl (C=O) groups is 1. The molecule has 0 saturated heterocycles. The number of carbonyl (C=O) groups excluding carboxylic acids is 1. The van der Waals surface area contributed by atoms with Gasteiger partial charge in [0.25, 0.3) is 0 Å². The number of amides is 1. The van der Waals surface area contributed by atoms with Crippen LogP contribution in [0.25, 0.3) is 22.5 Å². The number of aromatic nitrogens is 2. The minimum absolute atomic E-state index is 0.00598. The first-order valence-corrected chi connectivity index (χ1v) is 9.28. The fraction of sp³-hybridized carbons (Fsp3) is 0. The van der Waals surface area contributed by atoms with Gasteiger partial charge in [0, 0.05) is 11.1 Å². The predicted octanol–water partition coefficient (Wildman–Crippen LogP) is 4.71. The number of hydrogen-bond acceptors (Lipinski definition) is 4. The van der Waals surface area contributed by atoms with Crippen LogP contribution in [0.15, 0.2) is 96.1 Å². The molecule has 1 amide bonds. The summed E-state index contributed by atoms with van der Waals surface area (Å²) in [6, 6.07) is 26.8. The first kappa shape index (κ1) is 19.1. The predicted molar refractivity (Wildman–Crippen MR) is 114 cm³/mol. The van der Waals surface area contributed by atoms with Gasteiger partial charge in [-0.05, 0) is 23.8 Å². The number of benzene rings is 3. The van der Waals surface area contributed by atoms with Crippen LogP contribution in [0.2, 0.25) is 0 Å². The van der Waals surface area contributed by atoms with E-state index < -0.39 is 5.91 Å². The van der Waals surface area contributed by atoms with Crippen molar-refractivity contribution in [3.05, 3.63) is 108 Å². The van der Waals surface area contributed by atoms with Gasteiger partial charge >= 0.3 is 5.91 Å². The minimum Gasteiger partial charge on any atom is -0.264 e. The molecule has 1 heterocycles. The number of halogens is 1. The zero-order valence-electron chi connectivity index (χ0n) is 15.9. The minimum atomic E-state index is -0.539. The molecule has 0 unspecified atom stereocenters. The van der Waals surface area contributed by atoms with Crippen molar-refractivity contribution >= 4 is 12.1 Å². The molecule has 0 aliphatic carbocycles. The second-order valence-electron chi connectivity index (χ2n) is 6.44. The van der Waals surface area contributed by atoms with E-state index in [0.717, 1.165) is 11.1 Å². The van der Waals surface area contributed by atoms with Gasteiger partial charge in [0.2, 0.25) is 5.82 Å². The van der Waals surface area contributed by atoms with Crippen LogP contribution in [-0.4, -0.2) is 22.1 Å². The SMILES string of the molecule is O=C(N/N=C\c1ccc(F)cc1)c1nc(-c2ccccc2)cc(-c2ccccc2)n1. The Hall–Kier alpha value is -4.19. The molecule has 4 rings (SSSR count). The van der Waals surface area contributed by atoms with Crippen LogP contribution in [0.3, 0.4) is 0 Å². The van der Waals surface area contributed by atoms with Crippen LogP contribution >= 0.6 is 0 Å². The highest BCUT2D eigenvalue weighted by molar-refractivity contribution is 5.92. The van der Waals surface area contributed by atoms with E-state index in [4.69, 9.17) is 0 Å². The lowest BCUT2D eigenvalue weighted by Crippen LogP contribution is -2.21. The molecule has 146 valence electrons. The summed E-state index contributed by atoms with van der Waals surface area (Å²) in [5.74, 6) is -0.870. The van der Waals surface area contributed by atoms with Crippen LogP contribution in [0.5, 0.6) is 0 Å². The van der Waals surface area contributed by atoms with Gasteiger partial charge in [-0.15, -0.1) is 0 Å². The molecule has 0 saturated carbocycles. The van der Waals surface area contributed by atoms with Crippen LogP contribution in [0.1, 0.15) is 16.2 Å². The molecule has 0 bridgehead atoms. The molecule has 6 heteroatoms. The molecular weight excluding hydrogens is 379 g/mol. The lowest BCUT2D eigenvalue weighted by molar-refractivity contribution is 0.0945. The molecule has 0 fully saturated rings. The van der Waals surface area contributed by atoms with Gasteiger partial charge in [-0.25, -0.2) is 19.8 Å². The standard InChI is InChI=1S/C24H17FN4O/c25-20-13-11-17(12-14-20)16-26-29-24(30)23-27-21(18-7-3-1-4-8-18)15-22(28-23)19-9-5-2-6-10-19/h1-16H,(H,29,30)/b26-16-. The summed E-state index contributed by atoms with van der Waals surface area (Å²) < 4.78 is 13.0. The van der Waals surface area contributed by atoms with Crippen molar-refractivity contribution in [3.63, 3.8) is 0 Å². The Morgan fingerprint density at radius 3 is 1.87 bits per heavy atom. The van der Waals surface area contributed by atoms with E-state index >= 15 is 0 Å². The van der Waals surface area contributed by atoms with Gasteiger partial charge in [0.15, 0.2) is 0 Å². The number of rotatable bonds is 5. The Labute approximate surface area is 173 Å². The van der Waals surface area contributed by atoms with E-state index in [1.54, 1.807) is 12.1 Å².